The predicted octanol–water partition coefficient (Wildman–Crippen LogP) is 8.38. The fraction of sp³-hybridized carbons (Fsp3) is 0.674. The van der Waals surface area contributed by atoms with Crippen LogP contribution in [0.15, 0.2) is 85.1 Å². The minimum absolute atomic E-state index is 0.220. The molecule has 1 rings (SSSR count). The summed E-state index contributed by atoms with van der Waals surface area (Å²) in [5, 5.41) is 54.0. The molecule has 1 aliphatic heterocycles. The first-order chi connectivity index (χ1) is 26.8. The van der Waals surface area contributed by atoms with Crippen LogP contribution in [0.5, 0.6) is 0 Å². The number of aliphatic hydroxyl groups is 5. The zero-order valence-corrected chi connectivity index (χ0v) is 34.1. The van der Waals surface area contributed by atoms with Gasteiger partial charge in [-0.3, -0.25) is 4.79 Å². The van der Waals surface area contributed by atoms with E-state index in [1.807, 2.05) is 6.08 Å². The van der Waals surface area contributed by atoms with Crippen molar-refractivity contribution in [2.24, 2.45) is 0 Å². The van der Waals surface area contributed by atoms with Gasteiger partial charge in [-0.15, -0.1) is 0 Å². The summed E-state index contributed by atoms with van der Waals surface area (Å²) in [5.41, 5.74) is 0. The number of rotatable bonds is 33. The van der Waals surface area contributed by atoms with Crippen LogP contribution in [0, 0.1) is 0 Å². The number of ether oxygens (including phenoxy) is 2. The largest absolute Gasteiger partial charge is 0.394 e. The summed E-state index contributed by atoms with van der Waals surface area (Å²) in [6.07, 6.45) is 41.9. The molecule has 1 heterocycles. The second-order valence-electron chi connectivity index (χ2n) is 14.4. The normalized spacial score (nSPS) is 22.2. The van der Waals surface area contributed by atoms with Gasteiger partial charge >= 0.3 is 0 Å². The average Bonchev–Trinajstić information content (AvgIpc) is 3.18. The highest BCUT2D eigenvalue weighted by molar-refractivity contribution is 5.76. The Morgan fingerprint density at radius 1 is 0.636 bits per heavy atom. The fourth-order valence-electron chi connectivity index (χ4n) is 6.02. The van der Waals surface area contributed by atoms with Crippen LogP contribution in [0.25, 0.3) is 0 Å². The third-order valence-electron chi connectivity index (χ3n) is 9.45. The van der Waals surface area contributed by atoms with Crippen molar-refractivity contribution in [1.82, 2.24) is 5.32 Å². The standard InChI is InChI=1S/C46H77NO8/c1-3-5-7-9-11-13-15-17-18-19-20-21-22-24-26-28-30-32-34-36-42(50)47-39(38-54-46-45(53)44(52)43(51)41(37-48)55-46)40(49)35-33-31-29-27-25-23-16-14-12-10-8-6-4-2/h5,7,11,13,17-18,20-21,24-27,33,35,39-41,43-46,48-49,51-53H,3-4,6,8-10,12,14-16,19,22-23,28-32,34,36-38H2,1-2H3,(H,47,50)/b7-5-,13-11-,18-17-,21-20-,26-24-,27-25+,35-33+. The second-order valence-corrected chi connectivity index (χ2v) is 14.4. The Kier molecular flexibility index (Phi) is 32.8. The highest BCUT2D eigenvalue weighted by atomic mass is 16.7. The van der Waals surface area contributed by atoms with Crippen molar-refractivity contribution in [3.05, 3.63) is 85.1 Å². The van der Waals surface area contributed by atoms with Crippen LogP contribution in [0.2, 0.25) is 0 Å². The van der Waals surface area contributed by atoms with Crippen molar-refractivity contribution in [2.75, 3.05) is 13.2 Å². The lowest BCUT2D eigenvalue weighted by atomic mass is 9.99. The molecule has 7 atom stereocenters. The lowest BCUT2D eigenvalue weighted by Gasteiger charge is -2.40. The summed E-state index contributed by atoms with van der Waals surface area (Å²) in [4.78, 5) is 12.9. The van der Waals surface area contributed by atoms with E-state index in [4.69, 9.17) is 9.47 Å². The molecule has 1 aliphatic rings. The Labute approximate surface area is 333 Å². The summed E-state index contributed by atoms with van der Waals surface area (Å²) < 4.78 is 11.2. The average molecular weight is 772 g/mol. The van der Waals surface area contributed by atoms with E-state index in [-0.39, 0.29) is 12.5 Å². The predicted molar refractivity (Wildman–Crippen MR) is 225 cm³/mol. The molecule has 0 bridgehead atoms. The van der Waals surface area contributed by atoms with Gasteiger partial charge in [0.1, 0.15) is 24.4 Å². The van der Waals surface area contributed by atoms with Gasteiger partial charge < -0.3 is 40.3 Å². The van der Waals surface area contributed by atoms with Gasteiger partial charge in [-0.1, -0.05) is 144 Å². The molecule has 7 unspecified atom stereocenters. The Morgan fingerprint density at radius 3 is 1.75 bits per heavy atom. The maximum absolute atomic E-state index is 12.9. The molecule has 6 N–H and O–H groups in total. The zero-order valence-electron chi connectivity index (χ0n) is 34.1. The molecule has 0 aromatic rings. The Bertz CT molecular complexity index is 1130. The van der Waals surface area contributed by atoms with E-state index < -0.39 is 49.5 Å². The van der Waals surface area contributed by atoms with Crippen molar-refractivity contribution >= 4 is 5.91 Å². The molecule has 9 heteroatoms. The summed E-state index contributed by atoms with van der Waals surface area (Å²) in [7, 11) is 0. The molecule has 0 aliphatic carbocycles. The highest BCUT2D eigenvalue weighted by Gasteiger charge is 2.44. The van der Waals surface area contributed by atoms with Crippen LogP contribution in [0.1, 0.15) is 142 Å². The van der Waals surface area contributed by atoms with Crippen LogP contribution < -0.4 is 5.32 Å². The SMILES string of the molecule is CC/C=C\C/C=C\C/C=C\C/C=C\C/C=C\CCCCCC(=O)NC(COC1OC(CO)C(O)C(O)C1O)C(O)/C=C/CC/C=C/CCCCCCCCC. The smallest absolute Gasteiger partial charge is 0.220 e. The number of hydrogen-bond acceptors (Lipinski definition) is 8. The zero-order chi connectivity index (χ0) is 40.2. The first kappa shape index (κ1) is 50.4. The van der Waals surface area contributed by atoms with Crippen molar-refractivity contribution in [2.45, 2.75) is 185 Å². The number of unbranched alkanes of at least 4 members (excludes halogenated alkanes) is 11. The lowest BCUT2D eigenvalue weighted by molar-refractivity contribution is -0.302. The van der Waals surface area contributed by atoms with E-state index in [2.05, 4.69) is 92.1 Å². The minimum atomic E-state index is -1.58. The van der Waals surface area contributed by atoms with E-state index in [0.29, 0.717) is 12.8 Å². The van der Waals surface area contributed by atoms with E-state index in [1.165, 1.54) is 44.9 Å². The molecular formula is C46H77NO8. The summed E-state index contributed by atoms with van der Waals surface area (Å²) in [6, 6.07) is -0.842. The summed E-state index contributed by atoms with van der Waals surface area (Å²) in [5.74, 6) is -0.224. The Balaban J connectivity index is 2.45. The van der Waals surface area contributed by atoms with Crippen molar-refractivity contribution < 1.29 is 39.8 Å². The van der Waals surface area contributed by atoms with Crippen LogP contribution >= 0.6 is 0 Å². The topological polar surface area (TPSA) is 149 Å². The minimum Gasteiger partial charge on any atom is -0.394 e. The number of nitrogens with one attached hydrogen (secondary N) is 1. The molecule has 0 aromatic heterocycles. The molecule has 0 saturated carbocycles. The van der Waals surface area contributed by atoms with E-state index in [9.17, 15) is 30.3 Å². The van der Waals surface area contributed by atoms with E-state index >= 15 is 0 Å². The van der Waals surface area contributed by atoms with Gasteiger partial charge in [0.05, 0.1) is 25.4 Å². The van der Waals surface area contributed by atoms with Crippen molar-refractivity contribution in [1.29, 1.82) is 0 Å². The number of hydrogen-bond donors (Lipinski definition) is 6. The van der Waals surface area contributed by atoms with Crippen LogP contribution in [-0.2, 0) is 14.3 Å². The number of amides is 1. The third-order valence-corrected chi connectivity index (χ3v) is 9.45. The highest BCUT2D eigenvalue weighted by Crippen LogP contribution is 2.22. The van der Waals surface area contributed by atoms with Crippen LogP contribution in [0.4, 0.5) is 0 Å². The molecule has 0 spiro atoms. The van der Waals surface area contributed by atoms with Gasteiger partial charge in [-0.25, -0.2) is 0 Å². The van der Waals surface area contributed by atoms with Crippen molar-refractivity contribution in [3.63, 3.8) is 0 Å². The fourth-order valence-corrected chi connectivity index (χ4v) is 6.02. The first-order valence-corrected chi connectivity index (χ1v) is 21.3. The molecule has 55 heavy (non-hydrogen) atoms. The Hall–Kier alpha value is -2.63. The van der Waals surface area contributed by atoms with Gasteiger partial charge in [0.2, 0.25) is 5.91 Å². The van der Waals surface area contributed by atoms with Crippen molar-refractivity contribution in [3.8, 4) is 0 Å². The Morgan fingerprint density at radius 2 is 1.15 bits per heavy atom. The van der Waals surface area contributed by atoms with Crippen LogP contribution in [-0.4, -0.2) is 87.5 Å². The van der Waals surface area contributed by atoms with Gasteiger partial charge in [0.25, 0.3) is 0 Å². The van der Waals surface area contributed by atoms with E-state index in [1.54, 1.807) is 6.08 Å². The molecule has 0 aromatic carbocycles. The number of carbonyl (C=O) groups is 1. The molecule has 0 radical (unpaired) electrons. The van der Waals surface area contributed by atoms with Gasteiger partial charge in [0.15, 0.2) is 6.29 Å². The lowest BCUT2D eigenvalue weighted by Crippen LogP contribution is -2.60. The molecular weight excluding hydrogens is 695 g/mol. The van der Waals surface area contributed by atoms with E-state index in [0.717, 1.165) is 70.6 Å². The molecule has 1 amide bonds. The first-order valence-electron chi connectivity index (χ1n) is 21.3. The maximum Gasteiger partial charge on any atom is 0.220 e. The molecule has 1 saturated heterocycles. The number of carbonyl (C=O) groups excluding carboxylic acids is 1. The maximum atomic E-state index is 12.9. The third kappa shape index (κ3) is 26.8. The quantitative estimate of drug-likeness (QED) is 0.0288. The number of aliphatic hydroxyl groups excluding tert-OH is 5. The molecule has 9 nitrogen and oxygen atoms in total. The van der Waals surface area contributed by atoms with Crippen LogP contribution in [0.3, 0.4) is 0 Å². The summed E-state index contributed by atoms with van der Waals surface area (Å²) >= 11 is 0. The summed E-state index contributed by atoms with van der Waals surface area (Å²) in [6.45, 7) is 3.58. The van der Waals surface area contributed by atoms with Gasteiger partial charge in [-0.05, 0) is 77.0 Å². The van der Waals surface area contributed by atoms with Gasteiger partial charge in [0, 0.05) is 6.42 Å². The monoisotopic (exact) mass is 772 g/mol. The molecule has 314 valence electrons. The van der Waals surface area contributed by atoms with Gasteiger partial charge in [-0.2, -0.15) is 0 Å². The number of allylic oxidation sites excluding steroid dienone is 13. The molecule has 1 fully saturated rings. The second kappa shape index (κ2) is 35.8.